The van der Waals surface area contributed by atoms with Crippen LogP contribution in [0.15, 0.2) is 65.7 Å². The number of anilines is 2. The predicted octanol–water partition coefficient (Wildman–Crippen LogP) is 2.88. The summed E-state index contributed by atoms with van der Waals surface area (Å²) in [6.45, 7) is 6.61. The number of phenolic OH excluding ortho intramolecular Hbond substituents is 2. The van der Waals surface area contributed by atoms with Crippen molar-refractivity contribution in [3.05, 3.63) is 105 Å². The lowest BCUT2D eigenvalue weighted by atomic mass is 9.98. The minimum Gasteiger partial charge on any atom is -0.508 e. The smallest absolute Gasteiger partial charge is 0.348 e. The van der Waals surface area contributed by atoms with Gasteiger partial charge in [-0.15, -0.1) is 0 Å². The van der Waals surface area contributed by atoms with E-state index in [1.165, 1.54) is 27.8 Å². The maximum absolute atomic E-state index is 15.6. The first-order valence-corrected chi connectivity index (χ1v) is 18.9. The summed E-state index contributed by atoms with van der Waals surface area (Å²) in [5.41, 5.74) is 2.63. The number of nitrogens with one attached hydrogen (secondary N) is 3. The third-order valence-corrected chi connectivity index (χ3v) is 10.9. The molecule has 17 nitrogen and oxygen atoms in total. The van der Waals surface area contributed by atoms with E-state index < -0.39 is 29.7 Å². The molecular weight excluding hydrogens is 752 g/mol. The molecule has 0 saturated carbocycles. The van der Waals surface area contributed by atoms with Gasteiger partial charge in [0.2, 0.25) is 11.8 Å². The van der Waals surface area contributed by atoms with Crippen LogP contribution in [-0.2, 0) is 22.7 Å². The summed E-state index contributed by atoms with van der Waals surface area (Å²) in [5, 5.41) is 43.7. The van der Waals surface area contributed by atoms with Gasteiger partial charge >= 0.3 is 5.69 Å². The fourth-order valence-electron chi connectivity index (χ4n) is 7.71. The molecular formula is C40H41FN10O7. The van der Waals surface area contributed by atoms with E-state index in [1.807, 2.05) is 18.7 Å². The molecule has 0 radical (unpaired) electrons. The van der Waals surface area contributed by atoms with Crippen LogP contribution in [0.5, 0.6) is 11.5 Å². The first-order chi connectivity index (χ1) is 27.9. The second-order valence-corrected chi connectivity index (χ2v) is 14.9. The number of aliphatic hydroxyl groups is 1. The zero-order valence-corrected chi connectivity index (χ0v) is 31.6. The number of hydrogen-bond acceptors (Lipinski definition) is 13. The van der Waals surface area contributed by atoms with Gasteiger partial charge in [-0.25, -0.2) is 23.8 Å². The van der Waals surface area contributed by atoms with Crippen molar-refractivity contribution in [2.75, 3.05) is 36.4 Å². The molecule has 3 aromatic carbocycles. The molecule has 0 aliphatic carbocycles. The number of phenols is 2. The fraction of sp³-hybridized carbons (Fsp3) is 0.325. The van der Waals surface area contributed by atoms with Gasteiger partial charge in [-0.1, -0.05) is 26.0 Å². The molecule has 2 atom stereocenters. The Labute approximate surface area is 330 Å². The van der Waals surface area contributed by atoms with Crippen molar-refractivity contribution >= 4 is 29.2 Å². The maximum atomic E-state index is 15.6. The molecule has 8 rings (SSSR count). The molecule has 5 heterocycles. The average molecular weight is 793 g/mol. The second-order valence-electron chi connectivity index (χ2n) is 14.9. The van der Waals surface area contributed by atoms with Crippen molar-refractivity contribution in [1.29, 1.82) is 0 Å². The van der Waals surface area contributed by atoms with E-state index in [0.717, 1.165) is 0 Å². The highest BCUT2D eigenvalue weighted by Gasteiger charge is 2.40. The summed E-state index contributed by atoms with van der Waals surface area (Å²) < 4.78 is 16.8. The van der Waals surface area contributed by atoms with E-state index in [-0.39, 0.29) is 71.4 Å². The molecule has 0 spiro atoms. The molecule has 3 amide bonds. The highest BCUT2D eigenvalue weighted by molar-refractivity contribution is 6.06. The SMILES string of the molecule is CC(C)c1cc(-c2n[nH]c(=O)n2-c2ccc(CN3CCN(c4cnc(C(O)Nc5cccc6c5CN(C5CCC(=O)NC5=O)C6=O)cn4)CC3)c(F)c2)c(O)cc1O. The Morgan fingerprint density at radius 1 is 0.948 bits per heavy atom. The summed E-state index contributed by atoms with van der Waals surface area (Å²) in [5.74, 6) is -1.43. The van der Waals surface area contributed by atoms with Crippen molar-refractivity contribution in [2.24, 2.45) is 0 Å². The number of rotatable bonds is 10. The lowest BCUT2D eigenvalue weighted by Gasteiger charge is -2.35. The Morgan fingerprint density at radius 3 is 2.45 bits per heavy atom. The van der Waals surface area contributed by atoms with Crippen molar-refractivity contribution in [2.45, 2.75) is 58.0 Å². The van der Waals surface area contributed by atoms with Crippen LogP contribution in [0.4, 0.5) is 15.9 Å². The number of aromatic amines is 1. The topological polar surface area (TPSA) is 222 Å². The molecule has 18 heteroatoms. The van der Waals surface area contributed by atoms with Crippen LogP contribution >= 0.6 is 0 Å². The number of hydrogen-bond donors (Lipinski definition) is 6. The van der Waals surface area contributed by atoms with Crippen LogP contribution in [0, 0.1) is 5.82 Å². The number of nitrogens with zero attached hydrogens (tertiary/aromatic N) is 7. The molecule has 5 aromatic rings. The third-order valence-electron chi connectivity index (χ3n) is 10.9. The van der Waals surface area contributed by atoms with E-state index in [2.05, 4.69) is 35.7 Å². The minimum absolute atomic E-state index is 0.0742. The monoisotopic (exact) mass is 792 g/mol. The number of aromatic hydroxyl groups is 2. The molecule has 2 aromatic heterocycles. The van der Waals surface area contributed by atoms with Crippen LogP contribution in [0.3, 0.4) is 0 Å². The van der Waals surface area contributed by atoms with E-state index in [4.69, 9.17) is 0 Å². The number of fused-ring (bicyclic) bond motifs is 1. The number of piperazine rings is 1. The van der Waals surface area contributed by atoms with Gasteiger partial charge < -0.3 is 30.4 Å². The van der Waals surface area contributed by atoms with Crippen LogP contribution in [0.25, 0.3) is 17.1 Å². The molecule has 2 fully saturated rings. The van der Waals surface area contributed by atoms with Crippen molar-refractivity contribution in [3.8, 4) is 28.6 Å². The summed E-state index contributed by atoms with van der Waals surface area (Å²) in [6, 6.07) is 11.6. The van der Waals surface area contributed by atoms with Gasteiger partial charge in [0.05, 0.1) is 23.6 Å². The number of carbonyl (C=O) groups excluding carboxylic acids is 3. The molecule has 2 saturated heterocycles. The lowest BCUT2D eigenvalue weighted by molar-refractivity contribution is -0.136. The van der Waals surface area contributed by atoms with E-state index >= 15 is 4.39 Å². The number of H-pyrrole nitrogens is 1. The van der Waals surface area contributed by atoms with Gasteiger partial charge in [0.1, 0.15) is 34.9 Å². The normalized spacial score (nSPS) is 17.8. The van der Waals surface area contributed by atoms with Crippen LogP contribution in [0.1, 0.15) is 71.6 Å². The summed E-state index contributed by atoms with van der Waals surface area (Å²) in [4.78, 5) is 64.7. The van der Waals surface area contributed by atoms with Gasteiger partial charge in [0.25, 0.3) is 5.91 Å². The molecule has 3 aliphatic heterocycles. The number of aromatic nitrogens is 5. The largest absolute Gasteiger partial charge is 0.508 e. The average Bonchev–Trinajstić information content (AvgIpc) is 3.75. The first kappa shape index (κ1) is 38.2. The Morgan fingerprint density at radius 2 is 1.74 bits per heavy atom. The number of benzene rings is 3. The Kier molecular flexibility index (Phi) is 10.1. The first-order valence-electron chi connectivity index (χ1n) is 18.9. The van der Waals surface area contributed by atoms with Gasteiger partial charge in [0.15, 0.2) is 12.1 Å². The van der Waals surface area contributed by atoms with Crippen LogP contribution < -0.4 is 21.2 Å². The molecule has 300 valence electrons. The van der Waals surface area contributed by atoms with E-state index in [0.29, 0.717) is 66.5 Å². The number of imide groups is 1. The minimum atomic E-state index is -1.25. The van der Waals surface area contributed by atoms with E-state index in [9.17, 15) is 34.5 Å². The van der Waals surface area contributed by atoms with Crippen molar-refractivity contribution in [1.82, 2.24) is 39.8 Å². The number of piperidine rings is 1. The predicted molar refractivity (Wildman–Crippen MR) is 208 cm³/mol. The summed E-state index contributed by atoms with van der Waals surface area (Å²) >= 11 is 0. The molecule has 6 N–H and O–H groups in total. The Hall–Kier alpha value is -6.66. The summed E-state index contributed by atoms with van der Waals surface area (Å²) in [7, 11) is 0. The lowest BCUT2D eigenvalue weighted by Crippen LogP contribution is -2.52. The highest BCUT2D eigenvalue weighted by atomic mass is 19.1. The zero-order chi connectivity index (χ0) is 40.8. The quantitative estimate of drug-likeness (QED) is 0.0886. The van der Waals surface area contributed by atoms with Crippen molar-refractivity contribution in [3.63, 3.8) is 0 Å². The number of amides is 3. The standard InChI is InChI=1S/C40H41FN10O7/c1-21(2)25-15-26(33(53)16-32(25)52)36-46-47-40(58)51(36)23-7-6-22(28(41)14-23)19-48-10-12-49(13-11-48)34-18-42-30(17-43-34)37(55)44-29-5-3-4-24-27(29)20-50(39(24)57)31-8-9-35(54)45-38(31)56/h3-7,14-18,21,31,37,44,52-53,55H,8-13,19-20H2,1-2H3,(H,47,58)(H,45,54,56). The number of aliphatic hydroxyl groups excluding tert-OH is 1. The summed E-state index contributed by atoms with van der Waals surface area (Å²) in [6.07, 6.45) is 2.20. The number of halogens is 1. The van der Waals surface area contributed by atoms with Crippen LogP contribution in [-0.4, -0.2) is 99.8 Å². The Balaban J connectivity index is 0.880. The van der Waals surface area contributed by atoms with Gasteiger partial charge in [-0.05, 0) is 48.2 Å². The van der Waals surface area contributed by atoms with Gasteiger partial charge in [0, 0.05) is 74.1 Å². The molecule has 2 unspecified atom stereocenters. The van der Waals surface area contributed by atoms with Gasteiger partial charge in [-0.2, -0.15) is 5.10 Å². The maximum Gasteiger partial charge on any atom is 0.348 e. The van der Waals surface area contributed by atoms with Crippen LogP contribution in [0.2, 0.25) is 0 Å². The van der Waals surface area contributed by atoms with E-state index in [1.54, 1.807) is 42.6 Å². The third kappa shape index (κ3) is 7.22. The number of carbonyl (C=O) groups is 3. The zero-order valence-electron chi connectivity index (χ0n) is 31.6. The van der Waals surface area contributed by atoms with Gasteiger partial charge in [-0.3, -0.25) is 29.6 Å². The van der Waals surface area contributed by atoms with Crippen molar-refractivity contribution < 1.29 is 34.1 Å². The highest BCUT2D eigenvalue weighted by Crippen LogP contribution is 2.38. The molecule has 3 aliphatic rings. The molecule has 58 heavy (non-hydrogen) atoms. The Bertz CT molecular complexity index is 2480. The molecule has 0 bridgehead atoms. The second kappa shape index (κ2) is 15.4. The fourth-order valence-corrected chi connectivity index (χ4v) is 7.71.